The van der Waals surface area contributed by atoms with Crippen LogP contribution in [0.4, 0.5) is 0 Å². The molecule has 0 radical (unpaired) electrons. The Morgan fingerprint density at radius 1 is 1.24 bits per heavy atom. The van der Waals surface area contributed by atoms with Crippen LogP contribution in [0.5, 0.6) is 0 Å². The standard InChI is InChI=1S/C15H25NO5/c1-5-6-7-8-12(17)9-15(20)21-13(10-14(18)19)11-16(2,3)4/h5-6,8,13H,7,9-11H2,1-4H3,(H-,17,18,19)/p+1/b6-5+,12-8-. The summed E-state index contributed by atoms with van der Waals surface area (Å²) in [6.07, 6.45) is 4.53. The molecule has 0 aliphatic carbocycles. The molecular weight excluding hydrogens is 274 g/mol. The van der Waals surface area contributed by atoms with Crippen molar-refractivity contribution in [3.63, 3.8) is 0 Å². The molecule has 0 amide bonds. The summed E-state index contributed by atoms with van der Waals surface area (Å²) in [6.45, 7) is 2.25. The molecule has 120 valence electrons. The zero-order valence-corrected chi connectivity index (χ0v) is 13.2. The number of carbonyl (C=O) groups excluding carboxylic acids is 1. The number of ether oxygens (including phenoxy) is 1. The Hall–Kier alpha value is -1.82. The molecule has 0 aromatic carbocycles. The topological polar surface area (TPSA) is 83.8 Å². The van der Waals surface area contributed by atoms with Crippen molar-refractivity contribution < 1.29 is 29.0 Å². The van der Waals surface area contributed by atoms with Gasteiger partial charge in [-0.15, -0.1) is 0 Å². The van der Waals surface area contributed by atoms with E-state index in [1.165, 1.54) is 6.08 Å². The van der Waals surface area contributed by atoms with E-state index in [2.05, 4.69) is 0 Å². The molecule has 0 aliphatic heterocycles. The Bertz CT molecular complexity index is 407. The molecule has 2 N–H and O–H groups in total. The first kappa shape index (κ1) is 19.2. The number of aliphatic hydroxyl groups excluding tert-OH is 1. The second kappa shape index (κ2) is 9.18. The van der Waals surface area contributed by atoms with E-state index in [4.69, 9.17) is 9.84 Å². The molecule has 1 unspecified atom stereocenters. The number of aliphatic carboxylic acids is 1. The third-order valence-corrected chi connectivity index (χ3v) is 2.50. The van der Waals surface area contributed by atoms with Crippen molar-refractivity contribution in [1.82, 2.24) is 0 Å². The van der Waals surface area contributed by atoms with Crippen LogP contribution >= 0.6 is 0 Å². The number of carbonyl (C=O) groups is 2. The molecule has 0 saturated carbocycles. The second-order valence-electron chi connectivity index (χ2n) is 5.86. The second-order valence-corrected chi connectivity index (χ2v) is 5.86. The van der Waals surface area contributed by atoms with Gasteiger partial charge in [0, 0.05) is 0 Å². The van der Waals surface area contributed by atoms with Gasteiger partial charge in [-0.3, -0.25) is 9.59 Å². The van der Waals surface area contributed by atoms with E-state index >= 15 is 0 Å². The first-order valence-electron chi connectivity index (χ1n) is 6.85. The molecule has 0 bridgehead atoms. The fourth-order valence-corrected chi connectivity index (χ4v) is 1.74. The maximum absolute atomic E-state index is 11.7. The van der Waals surface area contributed by atoms with Crippen LogP contribution in [0.25, 0.3) is 0 Å². The Balaban J connectivity index is 4.52. The Labute approximate surface area is 125 Å². The summed E-state index contributed by atoms with van der Waals surface area (Å²) in [7, 11) is 5.66. The van der Waals surface area contributed by atoms with Crippen molar-refractivity contribution in [1.29, 1.82) is 0 Å². The zero-order valence-electron chi connectivity index (χ0n) is 13.2. The predicted octanol–water partition coefficient (Wildman–Crippen LogP) is 1.88. The molecule has 0 aromatic heterocycles. The van der Waals surface area contributed by atoms with Crippen LogP contribution in [0.3, 0.4) is 0 Å². The highest BCUT2D eigenvalue weighted by atomic mass is 16.5. The molecule has 21 heavy (non-hydrogen) atoms. The van der Waals surface area contributed by atoms with E-state index in [-0.39, 0.29) is 18.6 Å². The van der Waals surface area contributed by atoms with Crippen molar-refractivity contribution in [3.05, 3.63) is 24.0 Å². The molecule has 6 nitrogen and oxygen atoms in total. The van der Waals surface area contributed by atoms with Gasteiger partial charge in [0.1, 0.15) is 13.0 Å². The number of aliphatic hydroxyl groups is 1. The van der Waals surface area contributed by atoms with Gasteiger partial charge in [0.05, 0.1) is 33.3 Å². The van der Waals surface area contributed by atoms with Gasteiger partial charge in [-0.1, -0.05) is 12.2 Å². The van der Waals surface area contributed by atoms with Crippen LogP contribution < -0.4 is 0 Å². The van der Waals surface area contributed by atoms with Crippen LogP contribution in [-0.4, -0.2) is 60.4 Å². The lowest BCUT2D eigenvalue weighted by Gasteiger charge is -2.28. The van der Waals surface area contributed by atoms with Crippen molar-refractivity contribution >= 4 is 11.9 Å². The monoisotopic (exact) mass is 300 g/mol. The molecule has 0 aliphatic rings. The summed E-state index contributed by atoms with van der Waals surface area (Å²) in [6, 6.07) is 0. The fraction of sp³-hybridized carbons (Fsp3) is 0.600. The highest BCUT2D eigenvalue weighted by Gasteiger charge is 2.25. The minimum Gasteiger partial charge on any atom is -0.512 e. The van der Waals surface area contributed by atoms with Crippen molar-refractivity contribution in [2.24, 2.45) is 0 Å². The predicted molar refractivity (Wildman–Crippen MR) is 79.8 cm³/mol. The normalized spacial score (nSPS) is 14.2. The molecule has 0 heterocycles. The number of hydrogen-bond acceptors (Lipinski definition) is 4. The van der Waals surface area contributed by atoms with E-state index in [1.807, 2.05) is 40.2 Å². The molecule has 0 fully saturated rings. The maximum atomic E-state index is 11.7. The number of likely N-dealkylation sites (N-methyl/N-ethyl adjacent to an activating group) is 1. The van der Waals surface area contributed by atoms with Gasteiger partial charge in [-0.25, -0.2) is 0 Å². The molecular formula is C15H26NO5+. The fourth-order valence-electron chi connectivity index (χ4n) is 1.74. The summed E-state index contributed by atoms with van der Waals surface area (Å²) in [4.78, 5) is 22.5. The van der Waals surface area contributed by atoms with Gasteiger partial charge in [0.15, 0.2) is 6.10 Å². The van der Waals surface area contributed by atoms with Crippen LogP contribution in [0.15, 0.2) is 24.0 Å². The van der Waals surface area contributed by atoms with E-state index in [0.29, 0.717) is 17.4 Å². The minimum atomic E-state index is -1.02. The molecule has 0 rings (SSSR count). The van der Waals surface area contributed by atoms with E-state index in [0.717, 1.165) is 0 Å². The molecule has 0 aromatic rings. The number of esters is 1. The average molecular weight is 300 g/mol. The minimum absolute atomic E-state index is 0.0718. The number of hydrogen-bond donors (Lipinski definition) is 2. The largest absolute Gasteiger partial charge is 0.512 e. The van der Waals surface area contributed by atoms with Crippen molar-refractivity contribution in [3.8, 4) is 0 Å². The van der Waals surface area contributed by atoms with Gasteiger partial charge in [-0.05, 0) is 19.4 Å². The highest BCUT2D eigenvalue weighted by molar-refractivity contribution is 5.73. The quantitative estimate of drug-likeness (QED) is 0.294. The summed E-state index contributed by atoms with van der Waals surface area (Å²) in [5, 5.41) is 18.4. The number of carboxylic acid groups (broad SMARTS) is 1. The zero-order chi connectivity index (χ0) is 16.5. The summed E-state index contributed by atoms with van der Waals surface area (Å²) < 4.78 is 5.64. The van der Waals surface area contributed by atoms with Crippen molar-refractivity contribution in [2.75, 3.05) is 27.7 Å². The maximum Gasteiger partial charge on any atom is 0.313 e. The molecule has 1 atom stereocenters. The lowest BCUT2D eigenvalue weighted by atomic mass is 10.2. The highest BCUT2D eigenvalue weighted by Crippen LogP contribution is 2.09. The van der Waals surface area contributed by atoms with Gasteiger partial charge in [-0.2, -0.15) is 0 Å². The SMILES string of the molecule is C/C=C/C/C=C(\O)CC(=O)OC(CC(=O)O)C[N+](C)(C)C. The van der Waals surface area contributed by atoms with Gasteiger partial charge in [0.25, 0.3) is 0 Å². The molecule has 6 heteroatoms. The van der Waals surface area contributed by atoms with Gasteiger partial charge < -0.3 is 19.4 Å². The number of rotatable bonds is 9. The van der Waals surface area contributed by atoms with E-state index in [9.17, 15) is 14.7 Å². The first-order chi connectivity index (χ1) is 9.64. The first-order valence-corrected chi connectivity index (χ1v) is 6.85. The van der Waals surface area contributed by atoms with Crippen LogP contribution in [0, 0.1) is 0 Å². The van der Waals surface area contributed by atoms with Crippen LogP contribution in [0.2, 0.25) is 0 Å². The summed E-state index contributed by atoms with van der Waals surface area (Å²) in [5.74, 6) is -1.71. The van der Waals surface area contributed by atoms with Gasteiger partial charge in [0.2, 0.25) is 0 Å². The number of quaternary nitrogens is 1. The Morgan fingerprint density at radius 3 is 2.33 bits per heavy atom. The average Bonchev–Trinajstić information content (AvgIpc) is 2.25. The number of carboxylic acids is 1. The Kier molecular flexibility index (Phi) is 8.38. The number of nitrogens with zero attached hydrogens (tertiary/aromatic N) is 1. The summed E-state index contributed by atoms with van der Waals surface area (Å²) in [5.41, 5.74) is 0. The van der Waals surface area contributed by atoms with Crippen LogP contribution in [-0.2, 0) is 14.3 Å². The van der Waals surface area contributed by atoms with E-state index in [1.54, 1.807) is 0 Å². The number of allylic oxidation sites excluding steroid dienone is 3. The third-order valence-electron chi connectivity index (χ3n) is 2.50. The van der Waals surface area contributed by atoms with E-state index < -0.39 is 18.0 Å². The van der Waals surface area contributed by atoms with Crippen LogP contribution in [0.1, 0.15) is 26.2 Å². The smallest absolute Gasteiger partial charge is 0.313 e. The third kappa shape index (κ3) is 11.7. The lowest BCUT2D eigenvalue weighted by molar-refractivity contribution is -0.873. The van der Waals surface area contributed by atoms with Gasteiger partial charge >= 0.3 is 11.9 Å². The lowest BCUT2D eigenvalue weighted by Crippen LogP contribution is -2.43. The molecule has 0 saturated heterocycles. The van der Waals surface area contributed by atoms with Crippen molar-refractivity contribution in [2.45, 2.75) is 32.3 Å². The molecule has 0 spiro atoms. The Morgan fingerprint density at radius 2 is 1.86 bits per heavy atom. The summed E-state index contributed by atoms with van der Waals surface area (Å²) >= 11 is 0.